The number of hydrogen-bond acceptors (Lipinski definition) is 2. The first-order valence-corrected chi connectivity index (χ1v) is 10.2. The van der Waals surface area contributed by atoms with Crippen molar-refractivity contribution in [1.82, 2.24) is 0 Å². The summed E-state index contributed by atoms with van der Waals surface area (Å²) < 4.78 is 0. The third-order valence-electron chi connectivity index (χ3n) is 2.27. The summed E-state index contributed by atoms with van der Waals surface area (Å²) in [5, 5.41) is 0. The van der Waals surface area contributed by atoms with E-state index in [1.54, 1.807) is 20.9 Å². The third-order valence-corrected chi connectivity index (χ3v) is 8.88. The van der Waals surface area contributed by atoms with Gasteiger partial charge in [0, 0.05) is 0 Å². The van der Waals surface area contributed by atoms with Crippen molar-refractivity contribution in [2.24, 2.45) is 0 Å². The van der Waals surface area contributed by atoms with Crippen LogP contribution in [-0.2, 0) is 12.8 Å². The average molecular weight is 275 g/mol. The summed E-state index contributed by atoms with van der Waals surface area (Å²) in [5.74, 6) is 0. The van der Waals surface area contributed by atoms with Gasteiger partial charge in [-0.1, -0.05) is 0 Å². The fourth-order valence-corrected chi connectivity index (χ4v) is 9.77. The van der Waals surface area contributed by atoms with Crippen molar-refractivity contribution in [1.29, 1.82) is 0 Å². The van der Waals surface area contributed by atoms with Gasteiger partial charge in [0.25, 0.3) is 0 Å². The van der Waals surface area contributed by atoms with E-state index < -0.39 is 0 Å². The zero-order chi connectivity index (χ0) is 9.26. The van der Waals surface area contributed by atoms with E-state index in [4.69, 9.17) is 0 Å². The average Bonchev–Trinajstić information content (AvgIpc) is 2.64. The summed E-state index contributed by atoms with van der Waals surface area (Å²) >= 11 is 0.692. The molecule has 1 aliphatic rings. The Balaban J connectivity index is 2.52. The van der Waals surface area contributed by atoms with Crippen LogP contribution < -0.4 is 0 Å². The molecule has 0 bridgehead atoms. The molecule has 3 heteroatoms. The first-order chi connectivity index (χ1) is 6.36. The van der Waals surface area contributed by atoms with Crippen LogP contribution in [0.25, 0.3) is 0 Å². The molecule has 0 N–H and O–H groups in total. The summed E-state index contributed by atoms with van der Waals surface area (Å²) in [4.78, 5) is 3.18. The molecule has 0 unspecified atom stereocenters. The van der Waals surface area contributed by atoms with Gasteiger partial charge in [0.05, 0.1) is 0 Å². The number of rotatable bonds is 2. The number of aryl methyl sites for hydroxylation is 2. The second kappa shape index (κ2) is 4.31. The Kier molecular flexibility index (Phi) is 3.31. The molecule has 13 heavy (non-hydrogen) atoms. The van der Waals surface area contributed by atoms with E-state index in [0.29, 0.717) is 12.7 Å². The molecular weight excluding hydrogens is 263 g/mol. The molecule has 1 aromatic rings. The predicted octanol–water partition coefficient (Wildman–Crippen LogP) is 3.54. The molecule has 0 atom stereocenters. The quantitative estimate of drug-likeness (QED) is 0.757. The van der Waals surface area contributed by atoms with Gasteiger partial charge < -0.3 is 0 Å². The molecule has 0 aliphatic carbocycles. The molecular formula is C10H12S2Se. The summed E-state index contributed by atoms with van der Waals surface area (Å²) in [5.41, 5.74) is 3.09. The van der Waals surface area contributed by atoms with Gasteiger partial charge in [-0.2, -0.15) is 0 Å². The van der Waals surface area contributed by atoms with E-state index in [1.165, 1.54) is 12.8 Å². The Bertz CT molecular complexity index is 292. The molecule has 0 spiro atoms. The van der Waals surface area contributed by atoms with E-state index in [9.17, 15) is 0 Å². The SMILES string of the molecule is CCc1ccc(CC)c2c1S[Se]S2. The molecule has 0 amide bonds. The fraction of sp³-hybridized carbons (Fsp3) is 0.400. The van der Waals surface area contributed by atoms with E-state index in [2.05, 4.69) is 46.3 Å². The molecule has 0 saturated heterocycles. The van der Waals surface area contributed by atoms with Gasteiger partial charge in [-0.3, -0.25) is 0 Å². The van der Waals surface area contributed by atoms with Crippen LogP contribution in [0, 0.1) is 0 Å². The van der Waals surface area contributed by atoms with Gasteiger partial charge in [-0.05, 0) is 0 Å². The fourth-order valence-electron chi connectivity index (χ4n) is 1.47. The Morgan fingerprint density at radius 2 is 1.46 bits per heavy atom. The van der Waals surface area contributed by atoms with E-state index in [-0.39, 0.29) is 0 Å². The van der Waals surface area contributed by atoms with Crippen LogP contribution in [0.4, 0.5) is 0 Å². The zero-order valence-corrected chi connectivity index (χ0v) is 11.1. The molecule has 70 valence electrons. The summed E-state index contributed by atoms with van der Waals surface area (Å²) in [6, 6.07) is 4.62. The molecule has 2 rings (SSSR count). The van der Waals surface area contributed by atoms with Gasteiger partial charge in [-0.15, -0.1) is 0 Å². The van der Waals surface area contributed by atoms with Crippen LogP contribution in [0.5, 0.6) is 0 Å². The third kappa shape index (κ3) is 1.80. The molecule has 0 nitrogen and oxygen atoms in total. The zero-order valence-electron chi connectivity index (χ0n) is 7.79. The maximum atomic E-state index is 2.31. The number of benzene rings is 1. The topological polar surface area (TPSA) is 0 Å². The van der Waals surface area contributed by atoms with Crippen molar-refractivity contribution in [2.45, 2.75) is 36.5 Å². The first-order valence-electron chi connectivity index (χ1n) is 4.52. The van der Waals surface area contributed by atoms with Crippen LogP contribution in [0.3, 0.4) is 0 Å². The van der Waals surface area contributed by atoms with Crippen LogP contribution in [-0.4, -0.2) is 12.7 Å². The minimum atomic E-state index is 0.692. The van der Waals surface area contributed by atoms with E-state index >= 15 is 0 Å². The van der Waals surface area contributed by atoms with E-state index in [1.807, 2.05) is 0 Å². The van der Waals surface area contributed by atoms with Crippen LogP contribution in [0.2, 0.25) is 0 Å². The number of hydrogen-bond donors (Lipinski definition) is 0. The monoisotopic (exact) mass is 276 g/mol. The van der Waals surface area contributed by atoms with Gasteiger partial charge in [0.15, 0.2) is 0 Å². The van der Waals surface area contributed by atoms with E-state index in [0.717, 1.165) is 0 Å². The summed E-state index contributed by atoms with van der Waals surface area (Å²) in [6.07, 6.45) is 2.35. The van der Waals surface area contributed by atoms with Gasteiger partial charge in [0.1, 0.15) is 0 Å². The van der Waals surface area contributed by atoms with Crippen LogP contribution in [0.1, 0.15) is 25.0 Å². The van der Waals surface area contributed by atoms with Crippen molar-refractivity contribution in [2.75, 3.05) is 0 Å². The van der Waals surface area contributed by atoms with Crippen molar-refractivity contribution < 1.29 is 0 Å². The standard InChI is InChI=1S/C10H12S2Se/c1-3-7-5-6-8(4-2)10-9(7)11-13-12-10/h5-6H,3-4H2,1-2H3. The normalized spacial score (nSPS) is 14.6. The molecule has 0 fully saturated rings. The van der Waals surface area contributed by atoms with Crippen molar-refractivity contribution in [3.63, 3.8) is 0 Å². The van der Waals surface area contributed by atoms with Crippen molar-refractivity contribution >= 4 is 33.1 Å². The molecule has 0 aromatic heterocycles. The summed E-state index contributed by atoms with van der Waals surface area (Å²) in [7, 11) is 4.15. The molecule has 1 heterocycles. The van der Waals surface area contributed by atoms with Crippen LogP contribution in [0.15, 0.2) is 21.9 Å². The van der Waals surface area contributed by atoms with Crippen molar-refractivity contribution in [3.05, 3.63) is 23.3 Å². The molecule has 0 radical (unpaired) electrons. The second-order valence-electron chi connectivity index (χ2n) is 2.98. The number of fused-ring (bicyclic) bond motifs is 1. The summed E-state index contributed by atoms with van der Waals surface area (Å²) in [6.45, 7) is 4.50. The van der Waals surface area contributed by atoms with Gasteiger partial charge in [-0.25, -0.2) is 0 Å². The first kappa shape index (κ1) is 9.97. The van der Waals surface area contributed by atoms with Gasteiger partial charge in [0.2, 0.25) is 0 Å². The maximum absolute atomic E-state index is 2.31. The van der Waals surface area contributed by atoms with Crippen molar-refractivity contribution in [3.8, 4) is 0 Å². The predicted molar refractivity (Wildman–Crippen MR) is 62.7 cm³/mol. The second-order valence-corrected chi connectivity index (χ2v) is 9.35. The minimum absolute atomic E-state index is 0.692. The Hall–Kier alpha value is 0.439. The Labute approximate surface area is 92.5 Å². The molecule has 1 aromatic carbocycles. The van der Waals surface area contributed by atoms with Crippen LogP contribution >= 0.6 is 20.4 Å². The molecule has 0 saturated carbocycles. The Morgan fingerprint density at radius 3 is 1.85 bits per heavy atom. The Morgan fingerprint density at radius 1 is 1.00 bits per heavy atom. The molecule has 1 aliphatic heterocycles. The van der Waals surface area contributed by atoms with Gasteiger partial charge >= 0.3 is 92.8 Å².